The molecule has 0 saturated heterocycles. The van der Waals surface area contributed by atoms with Crippen LogP contribution in [0.5, 0.6) is 0 Å². The van der Waals surface area contributed by atoms with Crippen LogP contribution in [0.25, 0.3) is 0 Å². The van der Waals surface area contributed by atoms with Gasteiger partial charge in [0.2, 0.25) is 11.8 Å². The smallest absolute Gasteiger partial charge is 0.242 e. The van der Waals surface area contributed by atoms with Crippen molar-refractivity contribution in [3.05, 3.63) is 65.7 Å². The molecule has 0 aliphatic rings. The van der Waals surface area contributed by atoms with Crippen molar-refractivity contribution < 1.29 is 14.0 Å². The molecule has 0 saturated carbocycles. The summed E-state index contributed by atoms with van der Waals surface area (Å²) in [5.41, 5.74) is 1.66. The van der Waals surface area contributed by atoms with E-state index < -0.39 is 6.04 Å². The molecule has 1 atom stereocenters. The monoisotopic (exact) mass is 343 g/mol. The maximum absolute atomic E-state index is 13.0. The van der Waals surface area contributed by atoms with Crippen LogP contribution in [0.2, 0.25) is 0 Å². The highest BCUT2D eigenvalue weighted by Gasteiger charge is 2.24. The predicted octanol–water partition coefficient (Wildman–Crippen LogP) is 2.66. The first kappa shape index (κ1) is 18.6. The van der Waals surface area contributed by atoms with E-state index in [-0.39, 0.29) is 24.2 Å². The number of carbonyl (C=O) groups excluding carboxylic acids is 2. The van der Waals surface area contributed by atoms with Crippen molar-refractivity contribution in [1.29, 1.82) is 0 Å². The lowest BCUT2D eigenvalue weighted by Crippen LogP contribution is -2.47. The van der Waals surface area contributed by atoms with Crippen LogP contribution in [0.3, 0.4) is 0 Å². The number of nitrogens with one attached hydrogen (secondary N) is 1. The molecule has 6 heteroatoms. The van der Waals surface area contributed by atoms with E-state index in [2.05, 4.69) is 10.3 Å². The Hall–Kier alpha value is -2.76. The zero-order valence-corrected chi connectivity index (χ0v) is 14.4. The molecule has 0 spiro atoms. The van der Waals surface area contributed by atoms with Gasteiger partial charge >= 0.3 is 0 Å². The lowest BCUT2D eigenvalue weighted by molar-refractivity contribution is -0.140. The van der Waals surface area contributed by atoms with Gasteiger partial charge in [-0.05, 0) is 36.2 Å². The van der Waals surface area contributed by atoms with Gasteiger partial charge in [0.05, 0.1) is 0 Å². The van der Waals surface area contributed by atoms with Gasteiger partial charge in [0.1, 0.15) is 11.9 Å². The van der Waals surface area contributed by atoms with Gasteiger partial charge in [0, 0.05) is 31.9 Å². The zero-order chi connectivity index (χ0) is 18.2. The van der Waals surface area contributed by atoms with Crippen LogP contribution in [-0.2, 0) is 22.7 Å². The van der Waals surface area contributed by atoms with Crippen molar-refractivity contribution in [2.24, 2.45) is 0 Å². The normalized spacial score (nSPS) is 11.6. The number of hydrogen-bond acceptors (Lipinski definition) is 3. The fourth-order valence-electron chi connectivity index (χ4n) is 2.41. The second-order valence-electron chi connectivity index (χ2n) is 5.76. The minimum Gasteiger partial charge on any atom is -0.350 e. The first-order valence-corrected chi connectivity index (χ1v) is 8.21. The van der Waals surface area contributed by atoms with Crippen LogP contribution in [-0.4, -0.2) is 27.7 Å². The molecular formula is C19H22FN3O2. The van der Waals surface area contributed by atoms with Gasteiger partial charge in [-0.2, -0.15) is 0 Å². The third-order valence-corrected chi connectivity index (χ3v) is 3.93. The van der Waals surface area contributed by atoms with Crippen molar-refractivity contribution in [2.75, 3.05) is 0 Å². The molecule has 0 bridgehead atoms. The Morgan fingerprint density at radius 1 is 1.20 bits per heavy atom. The third kappa shape index (κ3) is 5.38. The topological polar surface area (TPSA) is 62.3 Å². The summed E-state index contributed by atoms with van der Waals surface area (Å²) in [6.07, 6.45) is 3.64. The molecule has 0 aliphatic carbocycles. The van der Waals surface area contributed by atoms with Gasteiger partial charge in [0.25, 0.3) is 0 Å². The minimum absolute atomic E-state index is 0.131. The molecule has 132 valence electrons. The number of rotatable bonds is 7. The number of aromatic nitrogens is 1. The van der Waals surface area contributed by atoms with Gasteiger partial charge in [-0.15, -0.1) is 0 Å². The maximum atomic E-state index is 13.0. The van der Waals surface area contributed by atoms with Crippen molar-refractivity contribution in [3.8, 4) is 0 Å². The molecular weight excluding hydrogens is 321 g/mol. The molecule has 5 nitrogen and oxygen atoms in total. The van der Waals surface area contributed by atoms with Gasteiger partial charge in [-0.25, -0.2) is 4.39 Å². The van der Waals surface area contributed by atoms with Crippen LogP contribution >= 0.6 is 0 Å². The van der Waals surface area contributed by atoms with Gasteiger partial charge in [-0.3, -0.25) is 14.6 Å². The summed E-state index contributed by atoms with van der Waals surface area (Å²) in [6, 6.07) is 8.96. The summed E-state index contributed by atoms with van der Waals surface area (Å²) >= 11 is 0. The second kappa shape index (κ2) is 8.92. The molecule has 1 heterocycles. The van der Waals surface area contributed by atoms with E-state index in [9.17, 15) is 14.0 Å². The van der Waals surface area contributed by atoms with Gasteiger partial charge in [0.15, 0.2) is 0 Å². The fraction of sp³-hybridized carbons (Fsp3) is 0.316. The number of carbonyl (C=O) groups is 2. The Balaban J connectivity index is 2.03. The largest absolute Gasteiger partial charge is 0.350 e. The number of nitrogens with zero attached hydrogens (tertiary/aromatic N) is 2. The van der Waals surface area contributed by atoms with Crippen LogP contribution in [0, 0.1) is 5.82 Å². The quantitative estimate of drug-likeness (QED) is 0.841. The SMILES string of the molecule is CCC(=O)N(Cc1ccc(F)cc1)[C@@H](C)C(=O)NCc1cccnc1. The summed E-state index contributed by atoms with van der Waals surface area (Å²) in [5.74, 6) is -0.708. The van der Waals surface area contributed by atoms with E-state index >= 15 is 0 Å². The van der Waals surface area contributed by atoms with Gasteiger partial charge < -0.3 is 10.2 Å². The molecule has 2 aromatic rings. The fourth-order valence-corrected chi connectivity index (χ4v) is 2.41. The van der Waals surface area contributed by atoms with E-state index in [1.54, 1.807) is 44.4 Å². The molecule has 0 aliphatic heterocycles. The summed E-state index contributed by atoms with van der Waals surface area (Å²) in [7, 11) is 0. The van der Waals surface area contributed by atoms with Crippen LogP contribution < -0.4 is 5.32 Å². The third-order valence-electron chi connectivity index (χ3n) is 3.93. The van der Waals surface area contributed by atoms with E-state index in [1.807, 2.05) is 6.07 Å². The molecule has 0 unspecified atom stereocenters. The molecule has 2 amide bonds. The van der Waals surface area contributed by atoms with Crippen molar-refractivity contribution in [3.63, 3.8) is 0 Å². The molecule has 25 heavy (non-hydrogen) atoms. The summed E-state index contributed by atoms with van der Waals surface area (Å²) in [6.45, 7) is 4.05. The van der Waals surface area contributed by atoms with E-state index in [1.165, 1.54) is 17.0 Å². The average molecular weight is 343 g/mol. The lowest BCUT2D eigenvalue weighted by Gasteiger charge is -2.28. The number of benzene rings is 1. The van der Waals surface area contributed by atoms with E-state index in [0.29, 0.717) is 13.0 Å². The first-order chi connectivity index (χ1) is 12.0. The van der Waals surface area contributed by atoms with E-state index in [0.717, 1.165) is 11.1 Å². The van der Waals surface area contributed by atoms with Gasteiger partial charge in [-0.1, -0.05) is 25.1 Å². The Bertz CT molecular complexity index is 704. The highest BCUT2D eigenvalue weighted by Crippen LogP contribution is 2.12. The second-order valence-corrected chi connectivity index (χ2v) is 5.76. The predicted molar refractivity (Wildman–Crippen MR) is 92.8 cm³/mol. The van der Waals surface area contributed by atoms with Crippen molar-refractivity contribution in [2.45, 2.75) is 39.4 Å². The van der Waals surface area contributed by atoms with Crippen LogP contribution in [0.15, 0.2) is 48.8 Å². The number of halogens is 1. The van der Waals surface area contributed by atoms with Crippen molar-refractivity contribution >= 4 is 11.8 Å². The summed E-state index contributed by atoms with van der Waals surface area (Å²) < 4.78 is 13.0. The van der Waals surface area contributed by atoms with E-state index in [4.69, 9.17) is 0 Å². The average Bonchev–Trinajstić information content (AvgIpc) is 2.65. The molecule has 1 aromatic heterocycles. The van der Waals surface area contributed by atoms with Crippen LogP contribution in [0.1, 0.15) is 31.4 Å². The highest BCUT2D eigenvalue weighted by atomic mass is 19.1. The maximum Gasteiger partial charge on any atom is 0.242 e. The van der Waals surface area contributed by atoms with Crippen LogP contribution in [0.4, 0.5) is 4.39 Å². The summed E-state index contributed by atoms with van der Waals surface area (Å²) in [4.78, 5) is 30.2. The minimum atomic E-state index is -0.630. The van der Waals surface area contributed by atoms with Crippen molar-refractivity contribution in [1.82, 2.24) is 15.2 Å². The first-order valence-electron chi connectivity index (χ1n) is 8.21. The number of amides is 2. The lowest BCUT2D eigenvalue weighted by atomic mass is 10.1. The number of hydrogen-bond donors (Lipinski definition) is 1. The molecule has 0 radical (unpaired) electrons. The molecule has 1 N–H and O–H groups in total. The zero-order valence-electron chi connectivity index (χ0n) is 14.4. The Labute approximate surface area is 146 Å². The highest BCUT2D eigenvalue weighted by molar-refractivity contribution is 5.87. The molecule has 0 fully saturated rings. The summed E-state index contributed by atoms with van der Waals surface area (Å²) in [5, 5.41) is 2.82. The Morgan fingerprint density at radius 3 is 2.52 bits per heavy atom. The number of pyridine rings is 1. The Kier molecular flexibility index (Phi) is 6.62. The Morgan fingerprint density at radius 2 is 1.92 bits per heavy atom. The molecule has 2 rings (SSSR count). The molecule has 1 aromatic carbocycles. The standard InChI is InChI=1S/C19H22FN3O2/c1-3-18(24)23(13-15-6-8-17(20)9-7-15)14(2)19(25)22-12-16-5-4-10-21-11-16/h4-11,14H,3,12-13H2,1-2H3,(H,22,25)/t14-/m0/s1.